The van der Waals surface area contributed by atoms with Crippen LogP contribution < -0.4 is 5.73 Å². The number of halogens is 1. The molecule has 3 nitrogen and oxygen atoms in total. The number of phenolic OH excluding ortho intramolecular Hbond substituents is 1. The second-order valence-corrected chi connectivity index (χ2v) is 5.00. The lowest BCUT2D eigenvalue weighted by molar-refractivity contribution is 0.1000. The van der Waals surface area contributed by atoms with E-state index in [1.165, 1.54) is 17.8 Å². The van der Waals surface area contributed by atoms with E-state index >= 15 is 0 Å². The molecule has 2 aromatic carbocycles. The molecule has 0 saturated heterocycles. The average Bonchev–Trinajstić information content (AvgIpc) is 2.39. The van der Waals surface area contributed by atoms with Crippen molar-refractivity contribution in [3.63, 3.8) is 0 Å². The second-order valence-electron chi connectivity index (χ2n) is 3.95. The van der Waals surface area contributed by atoms with Crippen molar-refractivity contribution in [1.29, 1.82) is 0 Å². The number of amides is 1. The molecule has 2 rings (SSSR count). The highest BCUT2D eigenvalue weighted by Gasteiger charge is 2.07. The van der Waals surface area contributed by atoms with Gasteiger partial charge in [-0.2, -0.15) is 0 Å². The summed E-state index contributed by atoms with van der Waals surface area (Å²) < 4.78 is 13.7. The second kappa shape index (κ2) is 5.75. The molecule has 0 radical (unpaired) electrons. The summed E-state index contributed by atoms with van der Waals surface area (Å²) in [5.74, 6) is -0.448. The van der Waals surface area contributed by atoms with Crippen molar-refractivity contribution in [2.75, 3.05) is 0 Å². The minimum absolute atomic E-state index is 0.163. The van der Waals surface area contributed by atoms with Gasteiger partial charge in [-0.3, -0.25) is 4.79 Å². The van der Waals surface area contributed by atoms with Gasteiger partial charge in [0.05, 0.1) is 0 Å². The van der Waals surface area contributed by atoms with Crippen LogP contribution >= 0.6 is 11.8 Å². The molecule has 0 aliphatic rings. The van der Waals surface area contributed by atoms with Crippen LogP contribution in [0.15, 0.2) is 47.4 Å². The predicted octanol–water partition coefficient (Wildman–Crippen LogP) is 2.92. The third kappa shape index (κ3) is 3.48. The van der Waals surface area contributed by atoms with Gasteiger partial charge in [0.1, 0.15) is 11.6 Å². The van der Waals surface area contributed by atoms with Crippen LogP contribution in [0.1, 0.15) is 15.9 Å². The molecule has 2 aromatic rings. The molecule has 98 valence electrons. The standard InChI is InChI=1S/C14H12FNO2S/c15-13-7-9(14(16)18)1-2-10(13)8-19-12-5-3-11(17)4-6-12/h1-7,17H,8H2,(H2,16,18). The number of hydrogen-bond acceptors (Lipinski definition) is 3. The van der Waals surface area contributed by atoms with Crippen LogP contribution in [-0.2, 0) is 5.75 Å². The van der Waals surface area contributed by atoms with Gasteiger partial charge in [-0.25, -0.2) is 4.39 Å². The molecule has 0 aromatic heterocycles. The molecule has 19 heavy (non-hydrogen) atoms. The monoisotopic (exact) mass is 277 g/mol. The first-order chi connectivity index (χ1) is 9.06. The molecular formula is C14H12FNO2S. The summed E-state index contributed by atoms with van der Waals surface area (Å²) in [5, 5.41) is 9.16. The Hall–Kier alpha value is -2.01. The molecule has 0 atom stereocenters. The van der Waals surface area contributed by atoms with E-state index in [1.54, 1.807) is 30.3 Å². The predicted molar refractivity (Wildman–Crippen MR) is 72.6 cm³/mol. The summed E-state index contributed by atoms with van der Waals surface area (Å²) in [6, 6.07) is 10.9. The average molecular weight is 277 g/mol. The van der Waals surface area contributed by atoms with Gasteiger partial charge in [-0.1, -0.05) is 6.07 Å². The number of aromatic hydroxyl groups is 1. The molecule has 0 bridgehead atoms. The van der Waals surface area contributed by atoms with Crippen molar-refractivity contribution >= 4 is 17.7 Å². The maximum absolute atomic E-state index is 13.7. The first-order valence-electron chi connectivity index (χ1n) is 5.56. The smallest absolute Gasteiger partial charge is 0.248 e. The maximum atomic E-state index is 13.7. The van der Waals surface area contributed by atoms with Gasteiger partial charge < -0.3 is 10.8 Å². The first-order valence-corrected chi connectivity index (χ1v) is 6.55. The zero-order valence-electron chi connectivity index (χ0n) is 9.97. The molecule has 0 aliphatic carbocycles. The lowest BCUT2D eigenvalue weighted by atomic mass is 10.1. The summed E-state index contributed by atoms with van der Waals surface area (Å²) in [5.41, 5.74) is 5.74. The van der Waals surface area contributed by atoms with Gasteiger partial charge in [0, 0.05) is 16.2 Å². The van der Waals surface area contributed by atoms with Crippen molar-refractivity contribution in [1.82, 2.24) is 0 Å². The largest absolute Gasteiger partial charge is 0.508 e. The zero-order valence-corrected chi connectivity index (χ0v) is 10.8. The van der Waals surface area contributed by atoms with Crippen LogP contribution in [0.5, 0.6) is 5.75 Å². The highest BCUT2D eigenvalue weighted by Crippen LogP contribution is 2.25. The van der Waals surface area contributed by atoms with E-state index in [0.29, 0.717) is 11.3 Å². The Kier molecular flexibility index (Phi) is 4.06. The summed E-state index contributed by atoms with van der Waals surface area (Å²) in [6.07, 6.45) is 0. The molecule has 3 N–H and O–H groups in total. The van der Waals surface area contributed by atoms with E-state index in [4.69, 9.17) is 10.8 Å². The fourth-order valence-electron chi connectivity index (χ4n) is 1.52. The van der Waals surface area contributed by atoms with Gasteiger partial charge in [0.25, 0.3) is 0 Å². The number of thioether (sulfide) groups is 1. The van der Waals surface area contributed by atoms with Crippen LogP contribution in [-0.4, -0.2) is 11.0 Å². The third-order valence-corrected chi connectivity index (χ3v) is 3.63. The zero-order chi connectivity index (χ0) is 13.8. The minimum Gasteiger partial charge on any atom is -0.508 e. The summed E-state index contributed by atoms with van der Waals surface area (Å²) >= 11 is 1.44. The Bertz CT molecular complexity index is 599. The maximum Gasteiger partial charge on any atom is 0.248 e. The Morgan fingerprint density at radius 2 is 1.89 bits per heavy atom. The molecule has 5 heteroatoms. The lowest BCUT2D eigenvalue weighted by Gasteiger charge is -2.05. The number of nitrogens with two attached hydrogens (primary N) is 1. The first kappa shape index (κ1) is 13.4. The molecule has 0 aliphatic heterocycles. The number of carbonyl (C=O) groups excluding carboxylic acids is 1. The molecule has 0 saturated carbocycles. The molecular weight excluding hydrogens is 265 g/mol. The highest BCUT2D eigenvalue weighted by molar-refractivity contribution is 7.98. The van der Waals surface area contributed by atoms with Gasteiger partial charge >= 0.3 is 0 Å². The lowest BCUT2D eigenvalue weighted by Crippen LogP contribution is -2.11. The van der Waals surface area contributed by atoms with Crippen molar-refractivity contribution in [2.24, 2.45) is 5.73 Å². The molecule has 0 spiro atoms. The van der Waals surface area contributed by atoms with Gasteiger partial charge in [0.2, 0.25) is 5.91 Å². The quantitative estimate of drug-likeness (QED) is 0.845. The van der Waals surface area contributed by atoms with Gasteiger partial charge in [-0.05, 0) is 42.0 Å². The number of rotatable bonds is 4. The Balaban J connectivity index is 2.07. The number of hydrogen-bond donors (Lipinski definition) is 2. The van der Waals surface area contributed by atoms with E-state index in [0.717, 1.165) is 11.0 Å². The highest BCUT2D eigenvalue weighted by atomic mass is 32.2. The van der Waals surface area contributed by atoms with E-state index in [-0.39, 0.29) is 11.3 Å². The molecule has 0 unspecified atom stereocenters. The molecule has 0 heterocycles. The van der Waals surface area contributed by atoms with Crippen LogP contribution in [0, 0.1) is 5.82 Å². The van der Waals surface area contributed by atoms with Gasteiger partial charge in [-0.15, -0.1) is 11.8 Å². The van der Waals surface area contributed by atoms with E-state index < -0.39 is 11.7 Å². The van der Waals surface area contributed by atoms with E-state index in [2.05, 4.69) is 0 Å². The van der Waals surface area contributed by atoms with Gasteiger partial charge in [0.15, 0.2) is 0 Å². The van der Waals surface area contributed by atoms with Crippen LogP contribution in [0.4, 0.5) is 4.39 Å². The Morgan fingerprint density at radius 1 is 1.21 bits per heavy atom. The Morgan fingerprint density at radius 3 is 2.47 bits per heavy atom. The Labute approximate surface area is 114 Å². The minimum atomic E-state index is -0.642. The van der Waals surface area contributed by atoms with E-state index in [1.807, 2.05) is 0 Å². The SMILES string of the molecule is NC(=O)c1ccc(CSc2ccc(O)cc2)c(F)c1. The fraction of sp³-hybridized carbons (Fsp3) is 0.0714. The van der Waals surface area contributed by atoms with Crippen molar-refractivity contribution in [3.8, 4) is 5.75 Å². The topological polar surface area (TPSA) is 63.3 Å². The summed E-state index contributed by atoms with van der Waals surface area (Å²) in [7, 11) is 0. The number of benzene rings is 2. The third-order valence-electron chi connectivity index (χ3n) is 2.57. The number of phenols is 1. The molecule has 0 fully saturated rings. The van der Waals surface area contributed by atoms with Crippen molar-refractivity contribution < 1.29 is 14.3 Å². The van der Waals surface area contributed by atoms with Crippen LogP contribution in [0.25, 0.3) is 0 Å². The van der Waals surface area contributed by atoms with Crippen LogP contribution in [0.3, 0.4) is 0 Å². The van der Waals surface area contributed by atoms with E-state index in [9.17, 15) is 9.18 Å². The number of primary amides is 1. The summed E-state index contributed by atoms with van der Waals surface area (Å²) in [6.45, 7) is 0. The van der Waals surface area contributed by atoms with Crippen molar-refractivity contribution in [2.45, 2.75) is 10.6 Å². The number of carbonyl (C=O) groups is 1. The van der Waals surface area contributed by atoms with Crippen LogP contribution in [0.2, 0.25) is 0 Å². The van der Waals surface area contributed by atoms with Crippen molar-refractivity contribution in [3.05, 3.63) is 59.4 Å². The summed E-state index contributed by atoms with van der Waals surface area (Å²) in [4.78, 5) is 11.8. The normalized spacial score (nSPS) is 10.4. The molecule has 1 amide bonds. The fourth-order valence-corrected chi connectivity index (χ4v) is 2.41.